The second-order valence-electron chi connectivity index (χ2n) is 9.32. The molecule has 1 N–H and O–H groups in total. The SMILES string of the molecule is C\C=N/C(=C\C=C(/C)Oc1ccnc2cc(OC)c(COC)cc12)NC(=O)c1nn(Cc2cncc(C)n2)cc1OCC. The third-order valence-corrected chi connectivity index (χ3v) is 6.03. The molecule has 0 bridgehead atoms. The average Bonchev–Trinajstić information content (AvgIpc) is 3.38. The van der Waals surface area contributed by atoms with Gasteiger partial charge in [0.15, 0.2) is 11.4 Å². The van der Waals surface area contributed by atoms with E-state index >= 15 is 0 Å². The van der Waals surface area contributed by atoms with Gasteiger partial charge in [-0.05, 0) is 52.0 Å². The lowest BCUT2D eigenvalue weighted by atomic mass is 10.1. The van der Waals surface area contributed by atoms with Gasteiger partial charge in [-0.1, -0.05) is 0 Å². The molecule has 1 amide bonds. The van der Waals surface area contributed by atoms with E-state index in [0.717, 1.165) is 22.2 Å². The molecule has 4 aromatic rings. The maximum absolute atomic E-state index is 13.3. The number of hydrogen-bond donors (Lipinski definition) is 1. The molecule has 4 rings (SSSR count). The van der Waals surface area contributed by atoms with Crippen LogP contribution in [0, 0.1) is 6.92 Å². The van der Waals surface area contributed by atoms with Gasteiger partial charge in [0.1, 0.15) is 23.1 Å². The maximum Gasteiger partial charge on any atom is 0.281 e. The molecule has 1 aromatic carbocycles. The molecule has 3 aromatic heterocycles. The zero-order valence-corrected chi connectivity index (χ0v) is 25.1. The summed E-state index contributed by atoms with van der Waals surface area (Å²) in [5.41, 5.74) is 3.23. The van der Waals surface area contributed by atoms with Crippen LogP contribution in [0.15, 0.2) is 71.7 Å². The summed E-state index contributed by atoms with van der Waals surface area (Å²) in [6.45, 7) is 8.35. The van der Waals surface area contributed by atoms with Crippen molar-refractivity contribution in [2.24, 2.45) is 4.99 Å². The van der Waals surface area contributed by atoms with Gasteiger partial charge >= 0.3 is 0 Å². The summed E-state index contributed by atoms with van der Waals surface area (Å²) in [5, 5.41) is 8.06. The first-order valence-electron chi connectivity index (χ1n) is 13.6. The van der Waals surface area contributed by atoms with Crippen LogP contribution >= 0.6 is 0 Å². The molecule has 0 aliphatic rings. The van der Waals surface area contributed by atoms with Crippen LogP contribution in [-0.4, -0.2) is 57.7 Å². The van der Waals surface area contributed by atoms with Crippen molar-refractivity contribution in [3.8, 4) is 17.2 Å². The second kappa shape index (κ2) is 14.7. The van der Waals surface area contributed by atoms with Gasteiger partial charge in [-0.3, -0.25) is 24.4 Å². The molecule has 0 radical (unpaired) electrons. The van der Waals surface area contributed by atoms with Gasteiger partial charge in [-0.2, -0.15) is 5.10 Å². The predicted molar refractivity (Wildman–Crippen MR) is 162 cm³/mol. The summed E-state index contributed by atoms with van der Waals surface area (Å²) < 4.78 is 24.2. The lowest BCUT2D eigenvalue weighted by Gasteiger charge is -2.13. The molecule has 0 spiro atoms. The van der Waals surface area contributed by atoms with Crippen molar-refractivity contribution in [3.05, 3.63) is 89.4 Å². The third-order valence-electron chi connectivity index (χ3n) is 6.03. The zero-order chi connectivity index (χ0) is 30.8. The average molecular weight is 586 g/mol. The number of fused-ring (bicyclic) bond motifs is 1. The van der Waals surface area contributed by atoms with Gasteiger partial charge in [0.05, 0.1) is 56.2 Å². The Hall–Kier alpha value is -5.10. The number of rotatable bonds is 13. The van der Waals surface area contributed by atoms with Crippen molar-refractivity contribution < 1.29 is 23.7 Å². The fourth-order valence-corrected chi connectivity index (χ4v) is 4.24. The Morgan fingerprint density at radius 1 is 1.14 bits per heavy atom. The molecule has 12 heteroatoms. The minimum atomic E-state index is -0.471. The van der Waals surface area contributed by atoms with Gasteiger partial charge in [0.25, 0.3) is 5.91 Å². The van der Waals surface area contributed by atoms with E-state index in [9.17, 15) is 4.79 Å². The van der Waals surface area contributed by atoms with Crippen molar-refractivity contribution in [2.75, 3.05) is 20.8 Å². The van der Waals surface area contributed by atoms with Crippen molar-refractivity contribution >= 4 is 23.0 Å². The number of carbonyl (C=O) groups excluding carboxylic acids is 1. The van der Waals surface area contributed by atoms with Crippen LogP contribution in [0.25, 0.3) is 10.9 Å². The van der Waals surface area contributed by atoms with Crippen molar-refractivity contribution in [1.29, 1.82) is 0 Å². The van der Waals surface area contributed by atoms with Gasteiger partial charge in [-0.15, -0.1) is 0 Å². The molecule has 0 aliphatic heterocycles. The summed E-state index contributed by atoms with van der Waals surface area (Å²) in [6.07, 6.45) is 11.6. The van der Waals surface area contributed by atoms with E-state index in [-0.39, 0.29) is 5.69 Å². The highest BCUT2D eigenvalue weighted by atomic mass is 16.5. The normalized spacial score (nSPS) is 12.1. The van der Waals surface area contributed by atoms with Crippen LogP contribution in [-0.2, 0) is 17.9 Å². The zero-order valence-electron chi connectivity index (χ0n) is 25.1. The molecule has 0 aliphatic carbocycles. The van der Waals surface area contributed by atoms with Crippen LogP contribution in [0.5, 0.6) is 17.2 Å². The molecule has 3 heterocycles. The Balaban J connectivity index is 1.54. The highest BCUT2D eigenvalue weighted by molar-refractivity contribution is 5.96. The van der Waals surface area contributed by atoms with Crippen molar-refractivity contribution in [3.63, 3.8) is 0 Å². The van der Waals surface area contributed by atoms with Crippen LogP contribution in [0.1, 0.15) is 48.2 Å². The number of aromatic nitrogens is 5. The first-order valence-corrected chi connectivity index (χ1v) is 13.6. The lowest BCUT2D eigenvalue weighted by molar-refractivity contribution is 0.0956. The topological polar surface area (TPSA) is 135 Å². The number of carbonyl (C=O) groups is 1. The largest absolute Gasteiger partial charge is 0.496 e. The standard InChI is InChI=1S/C31H35N7O5/c1-7-33-29(36-31(39)30-28(42-8-2)18-38(37-30)17-23-16-32-15-20(3)35-23)10-9-21(4)43-26-11-12-34-25-14-27(41-6)22(19-40-5)13-24(25)26/h7,9-16,18H,8,17,19H2,1-6H3,(H,36,39)/b21-9+,29-10+,33-7-. The fourth-order valence-electron chi connectivity index (χ4n) is 4.24. The van der Waals surface area contributed by atoms with Crippen LogP contribution in [0.2, 0.25) is 0 Å². The van der Waals surface area contributed by atoms with E-state index in [1.807, 2.05) is 26.0 Å². The first-order chi connectivity index (χ1) is 20.8. The van der Waals surface area contributed by atoms with Crippen LogP contribution in [0.3, 0.4) is 0 Å². The molecule has 43 heavy (non-hydrogen) atoms. The van der Waals surface area contributed by atoms with E-state index < -0.39 is 5.91 Å². The number of amides is 1. The highest BCUT2D eigenvalue weighted by Crippen LogP contribution is 2.32. The molecule has 0 unspecified atom stereocenters. The van der Waals surface area contributed by atoms with Gasteiger partial charge < -0.3 is 24.3 Å². The maximum atomic E-state index is 13.3. The summed E-state index contributed by atoms with van der Waals surface area (Å²) in [5.74, 6) is 2.04. The van der Waals surface area contributed by atoms with Crippen LogP contribution in [0.4, 0.5) is 0 Å². The number of allylic oxidation sites excluding steroid dienone is 3. The molecule has 0 atom stereocenters. The molecule has 0 saturated carbocycles. The van der Waals surface area contributed by atoms with E-state index in [1.165, 1.54) is 0 Å². The third kappa shape index (κ3) is 8.01. The van der Waals surface area contributed by atoms with E-state index in [0.29, 0.717) is 54.3 Å². The molecular weight excluding hydrogens is 550 g/mol. The lowest BCUT2D eigenvalue weighted by Crippen LogP contribution is -2.23. The van der Waals surface area contributed by atoms with E-state index in [1.54, 1.807) is 82.0 Å². The Morgan fingerprint density at radius 3 is 2.70 bits per heavy atom. The van der Waals surface area contributed by atoms with Crippen LogP contribution < -0.4 is 19.5 Å². The van der Waals surface area contributed by atoms with E-state index in [2.05, 4.69) is 30.4 Å². The summed E-state index contributed by atoms with van der Waals surface area (Å²) >= 11 is 0. The Bertz CT molecular complexity index is 1680. The number of ether oxygens (including phenoxy) is 4. The number of aliphatic imine (C=N–C) groups is 1. The molecular formula is C31H35N7O5. The first kappa shape index (κ1) is 30.8. The number of pyridine rings is 1. The molecule has 0 fully saturated rings. The summed E-state index contributed by atoms with van der Waals surface area (Å²) in [6, 6.07) is 5.58. The Morgan fingerprint density at radius 2 is 1.98 bits per heavy atom. The summed E-state index contributed by atoms with van der Waals surface area (Å²) in [7, 11) is 3.24. The second-order valence-corrected chi connectivity index (χ2v) is 9.32. The van der Waals surface area contributed by atoms with Crippen molar-refractivity contribution in [2.45, 2.75) is 40.8 Å². The minimum absolute atomic E-state index is 0.127. The molecule has 0 saturated heterocycles. The number of hydrogen-bond acceptors (Lipinski definition) is 10. The number of methoxy groups -OCH3 is 2. The molecule has 224 valence electrons. The van der Waals surface area contributed by atoms with E-state index in [4.69, 9.17) is 18.9 Å². The quantitative estimate of drug-likeness (QED) is 0.134. The molecule has 12 nitrogen and oxygen atoms in total. The number of nitrogens with one attached hydrogen (secondary N) is 1. The minimum Gasteiger partial charge on any atom is -0.496 e. The number of aryl methyl sites for hydroxylation is 1. The fraction of sp³-hybridized carbons (Fsp3) is 0.290. The predicted octanol–water partition coefficient (Wildman–Crippen LogP) is 4.78. The summed E-state index contributed by atoms with van der Waals surface area (Å²) in [4.78, 5) is 30.6. The van der Waals surface area contributed by atoms with Gasteiger partial charge in [0, 0.05) is 42.7 Å². The Kier molecular flexibility index (Phi) is 10.5. The van der Waals surface area contributed by atoms with Gasteiger partial charge in [-0.25, -0.2) is 4.99 Å². The Labute approximate surface area is 250 Å². The highest BCUT2D eigenvalue weighted by Gasteiger charge is 2.19. The number of nitrogens with zero attached hydrogens (tertiary/aromatic N) is 6. The smallest absolute Gasteiger partial charge is 0.281 e. The number of benzene rings is 1. The van der Waals surface area contributed by atoms with Crippen molar-refractivity contribution in [1.82, 2.24) is 30.0 Å². The van der Waals surface area contributed by atoms with Gasteiger partial charge in [0.2, 0.25) is 0 Å². The monoisotopic (exact) mass is 585 g/mol.